The molecule has 4 rings (SSSR count). The Bertz CT molecular complexity index is 1320. The van der Waals surface area contributed by atoms with E-state index in [4.69, 9.17) is 9.52 Å². The van der Waals surface area contributed by atoms with E-state index < -0.39 is 5.97 Å². The lowest BCUT2D eigenvalue weighted by Crippen LogP contribution is -2.24. The minimum absolute atomic E-state index is 0.0606. The highest BCUT2D eigenvalue weighted by molar-refractivity contribution is 6.09. The summed E-state index contributed by atoms with van der Waals surface area (Å²) >= 11 is 0. The number of oxazole rings is 1. The molecule has 3 N–H and O–H groups in total. The molecule has 0 unspecified atom stereocenters. The van der Waals surface area contributed by atoms with Gasteiger partial charge in [-0.05, 0) is 43.2 Å². The minimum Gasteiger partial charge on any atom is -0.481 e. The number of amides is 2. The first-order valence-electron chi connectivity index (χ1n) is 11.0. The van der Waals surface area contributed by atoms with Crippen LogP contribution in [0.2, 0.25) is 0 Å². The van der Waals surface area contributed by atoms with E-state index in [0.29, 0.717) is 41.1 Å². The number of hydrogen-bond acceptors (Lipinski definition) is 5. The Balaban J connectivity index is 1.42. The number of benzene rings is 2. The van der Waals surface area contributed by atoms with Gasteiger partial charge in [0.25, 0.3) is 11.8 Å². The lowest BCUT2D eigenvalue weighted by molar-refractivity contribution is -0.136. The highest BCUT2D eigenvalue weighted by atomic mass is 16.4. The standard InChI is InChI=1S/C27H23N3O5/c31-25(32)15-9-18-4-3-5-21(14-8-18)29-27(34)22-6-1-2-7-23(22)30-26(33)20-12-10-19(11-13-20)24-16-28-17-35-24/h1-7,10-14,16-17H,8-9,15H2,(H,29,34)(H,30,33)(H,31,32). The molecule has 0 spiro atoms. The molecule has 8 nitrogen and oxygen atoms in total. The number of nitrogens with zero attached hydrogens (tertiary/aromatic N) is 1. The Kier molecular flexibility index (Phi) is 7.32. The SMILES string of the molecule is O=C(O)CCC1=CC=CC(NC(=O)c2ccccc2NC(=O)c2ccc(-c3cnco3)cc2)=CC1. The van der Waals surface area contributed by atoms with Crippen LogP contribution in [0, 0.1) is 0 Å². The quantitative estimate of drug-likeness (QED) is 0.429. The van der Waals surface area contributed by atoms with Crippen molar-refractivity contribution in [3.63, 3.8) is 0 Å². The van der Waals surface area contributed by atoms with Gasteiger partial charge < -0.3 is 20.2 Å². The third-order valence-electron chi connectivity index (χ3n) is 5.39. The van der Waals surface area contributed by atoms with Gasteiger partial charge in [-0.1, -0.05) is 48.1 Å². The molecular weight excluding hydrogens is 446 g/mol. The number of carbonyl (C=O) groups excluding carboxylic acids is 2. The highest BCUT2D eigenvalue weighted by Crippen LogP contribution is 2.21. The molecule has 8 heteroatoms. The smallest absolute Gasteiger partial charge is 0.303 e. The topological polar surface area (TPSA) is 122 Å². The number of rotatable bonds is 8. The van der Waals surface area contributed by atoms with Gasteiger partial charge in [-0.15, -0.1) is 0 Å². The average Bonchev–Trinajstić information content (AvgIpc) is 3.31. The van der Waals surface area contributed by atoms with E-state index in [2.05, 4.69) is 15.6 Å². The third kappa shape index (κ3) is 6.20. The number of anilines is 1. The fourth-order valence-corrected chi connectivity index (χ4v) is 3.54. The Morgan fingerprint density at radius 1 is 1.00 bits per heavy atom. The van der Waals surface area contributed by atoms with Gasteiger partial charge in [0.2, 0.25) is 0 Å². The van der Waals surface area contributed by atoms with E-state index >= 15 is 0 Å². The van der Waals surface area contributed by atoms with Crippen molar-refractivity contribution >= 4 is 23.5 Å². The summed E-state index contributed by atoms with van der Waals surface area (Å²) in [6.07, 6.45) is 11.2. The molecular formula is C27H23N3O5. The Morgan fingerprint density at radius 3 is 2.54 bits per heavy atom. The predicted octanol–water partition coefficient (Wildman–Crippen LogP) is 4.96. The van der Waals surface area contributed by atoms with Gasteiger partial charge in [-0.3, -0.25) is 14.4 Å². The zero-order valence-corrected chi connectivity index (χ0v) is 18.7. The van der Waals surface area contributed by atoms with Crippen molar-refractivity contribution in [2.24, 2.45) is 0 Å². The maximum atomic E-state index is 13.0. The molecule has 0 saturated heterocycles. The number of allylic oxidation sites excluding steroid dienone is 5. The summed E-state index contributed by atoms with van der Waals surface area (Å²) in [7, 11) is 0. The molecule has 0 radical (unpaired) electrons. The van der Waals surface area contributed by atoms with Crippen molar-refractivity contribution in [3.8, 4) is 11.3 Å². The molecule has 3 aromatic rings. The van der Waals surface area contributed by atoms with Crippen LogP contribution < -0.4 is 10.6 Å². The van der Waals surface area contributed by atoms with E-state index in [9.17, 15) is 14.4 Å². The minimum atomic E-state index is -0.846. The van der Waals surface area contributed by atoms with E-state index in [1.165, 1.54) is 6.39 Å². The molecule has 0 bridgehead atoms. The van der Waals surface area contributed by atoms with Crippen molar-refractivity contribution in [1.29, 1.82) is 0 Å². The Labute approximate surface area is 201 Å². The lowest BCUT2D eigenvalue weighted by atomic mass is 10.1. The molecule has 35 heavy (non-hydrogen) atoms. The summed E-state index contributed by atoms with van der Waals surface area (Å²) in [6.45, 7) is 0. The molecule has 2 aromatic carbocycles. The third-order valence-corrected chi connectivity index (χ3v) is 5.39. The normalized spacial score (nSPS) is 12.8. The van der Waals surface area contributed by atoms with Crippen molar-refractivity contribution < 1.29 is 23.9 Å². The van der Waals surface area contributed by atoms with Crippen LogP contribution in [0.3, 0.4) is 0 Å². The molecule has 176 valence electrons. The monoisotopic (exact) mass is 469 g/mol. The molecule has 1 aromatic heterocycles. The van der Waals surface area contributed by atoms with Crippen LogP contribution in [0.4, 0.5) is 5.69 Å². The molecule has 0 atom stereocenters. The van der Waals surface area contributed by atoms with Crippen molar-refractivity contribution in [2.75, 3.05) is 5.32 Å². The highest BCUT2D eigenvalue weighted by Gasteiger charge is 2.15. The Morgan fingerprint density at radius 2 is 1.80 bits per heavy atom. The maximum absolute atomic E-state index is 13.0. The maximum Gasteiger partial charge on any atom is 0.303 e. The molecule has 0 saturated carbocycles. The lowest BCUT2D eigenvalue weighted by Gasteiger charge is -2.12. The molecule has 1 aliphatic carbocycles. The van der Waals surface area contributed by atoms with Gasteiger partial charge in [-0.2, -0.15) is 0 Å². The van der Waals surface area contributed by atoms with Crippen LogP contribution in [0.25, 0.3) is 11.3 Å². The van der Waals surface area contributed by atoms with Crippen molar-refractivity contribution in [3.05, 3.63) is 108 Å². The summed E-state index contributed by atoms with van der Waals surface area (Å²) in [5.41, 5.74) is 3.49. The predicted molar refractivity (Wildman–Crippen MR) is 131 cm³/mol. The summed E-state index contributed by atoms with van der Waals surface area (Å²) in [5, 5.41) is 14.5. The van der Waals surface area contributed by atoms with Gasteiger partial charge >= 0.3 is 5.97 Å². The summed E-state index contributed by atoms with van der Waals surface area (Å²) in [5.74, 6) is -0.965. The second-order valence-corrected chi connectivity index (χ2v) is 7.84. The van der Waals surface area contributed by atoms with Gasteiger partial charge in [0.15, 0.2) is 12.2 Å². The second-order valence-electron chi connectivity index (χ2n) is 7.84. The number of carboxylic acids is 1. The van der Waals surface area contributed by atoms with E-state index in [1.807, 2.05) is 12.2 Å². The van der Waals surface area contributed by atoms with Gasteiger partial charge in [0, 0.05) is 23.2 Å². The van der Waals surface area contributed by atoms with Gasteiger partial charge in [0.05, 0.1) is 17.4 Å². The zero-order valence-electron chi connectivity index (χ0n) is 18.7. The van der Waals surface area contributed by atoms with Gasteiger partial charge in [0.1, 0.15) is 0 Å². The zero-order chi connectivity index (χ0) is 24.6. The second kappa shape index (κ2) is 10.9. The van der Waals surface area contributed by atoms with Gasteiger partial charge in [-0.25, -0.2) is 4.98 Å². The summed E-state index contributed by atoms with van der Waals surface area (Å²) < 4.78 is 5.26. The fourth-order valence-electron chi connectivity index (χ4n) is 3.54. The van der Waals surface area contributed by atoms with Crippen molar-refractivity contribution in [1.82, 2.24) is 10.3 Å². The van der Waals surface area contributed by atoms with E-state index in [-0.39, 0.29) is 18.2 Å². The Hall–Kier alpha value is -4.72. The van der Waals surface area contributed by atoms with Crippen LogP contribution >= 0.6 is 0 Å². The van der Waals surface area contributed by atoms with Crippen LogP contribution in [-0.2, 0) is 4.79 Å². The van der Waals surface area contributed by atoms with Crippen LogP contribution in [0.1, 0.15) is 40.0 Å². The number of hydrogen-bond donors (Lipinski definition) is 3. The first kappa shape index (κ1) is 23.4. The molecule has 1 heterocycles. The molecule has 2 amide bonds. The first-order chi connectivity index (χ1) is 17.0. The molecule has 0 aliphatic heterocycles. The van der Waals surface area contributed by atoms with Crippen LogP contribution in [0.5, 0.6) is 0 Å². The average molecular weight is 469 g/mol. The molecule has 1 aliphatic rings. The number of carbonyl (C=O) groups is 3. The number of para-hydroxylation sites is 1. The molecule has 0 fully saturated rings. The van der Waals surface area contributed by atoms with Crippen LogP contribution in [-0.4, -0.2) is 27.9 Å². The number of carboxylic acid groups (broad SMARTS) is 1. The fraction of sp³-hybridized carbons (Fsp3) is 0.111. The number of nitrogens with one attached hydrogen (secondary N) is 2. The van der Waals surface area contributed by atoms with E-state index in [0.717, 1.165) is 11.1 Å². The number of aromatic nitrogens is 1. The van der Waals surface area contributed by atoms with Crippen LogP contribution in [0.15, 0.2) is 101 Å². The van der Waals surface area contributed by atoms with Crippen molar-refractivity contribution in [2.45, 2.75) is 19.3 Å². The summed E-state index contributed by atoms with van der Waals surface area (Å²) in [6, 6.07) is 13.6. The largest absolute Gasteiger partial charge is 0.481 e. The first-order valence-corrected chi connectivity index (χ1v) is 11.0. The van der Waals surface area contributed by atoms with E-state index in [1.54, 1.807) is 66.9 Å². The number of aliphatic carboxylic acids is 1. The summed E-state index contributed by atoms with van der Waals surface area (Å²) in [4.78, 5) is 40.5.